The summed E-state index contributed by atoms with van der Waals surface area (Å²) in [5, 5.41) is 0. The van der Waals surface area contributed by atoms with Gasteiger partial charge in [0.1, 0.15) is 5.82 Å². The zero-order valence-electron chi connectivity index (χ0n) is 9.68. The van der Waals surface area contributed by atoms with Crippen molar-refractivity contribution in [2.24, 2.45) is 0 Å². The lowest BCUT2D eigenvalue weighted by Gasteiger charge is -2.08. The Kier molecular flexibility index (Phi) is 4.28. The van der Waals surface area contributed by atoms with E-state index in [-0.39, 0.29) is 15.9 Å². The second-order valence-electron chi connectivity index (χ2n) is 3.76. The summed E-state index contributed by atoms with van der Waals surface area (Å²) in [6.45, 7) is 0.125. The molecule has 0 spiro atoms. The first-order chi connectivity index (χ1) is 8.99. The summed E-state index contributed by atoms with van der Waals surface area (Å²) in [6.07, 6.45) is 3.18. The van der Waals surface area contributed by atoms with Crippen LogP contribution in [0.15, 0.2) is 52.1 Å². The van der Waals surface area contributed by atoms with Crippen LogP contribution in [0.5, 0.6) is 0 Å². The lowest BCUT2D eigenvalue weighted by molar-refractivity contribution is 0.579. The molecule has 0 unspecified atom stereocenters. The highest BCUT2D eigenvalue weighted by atomic mass is 79.9. The van der Waals surface area contributed by atoms with E-state index in [1.807, 2.05) is 0 Å². The molecule has 19 heavy (non-hydrogen) atoms. The van der Waals surface area contributed by atoms with Crippen molar-refractivity contribution in [3.8, 4) is 0 Å². The van der Waals surface area contributed by atoms with E-state index in [0.29, 0.717) is 0 Å². The van der Waals surface area contributed by atoms with Crippen molar-refractivity contribution in [3.05, 3.63) is 58.6 Å². The molecule has 4 nitrogen and oxygen atoms in total. The summed E-state index contributed by atoms with van der Waals surface area (Å²) in [6, 6.07) is 6.90. The minimum atomic E-state index is -3.70. The highest BCUT2D eigenvalue weighted by Gasteiger charge is 2.17. The van der Waals surface area contributed by atoms with Crippen molar-refractivity contribution >= 4 is 26.0 Å². The van der Waals surface area contributed by atoms with Crippen LogP contribution in [0.3, 0.4) is 0 Å². The molecule has 0 aliphatic heterocycles. The van der Waals surface area contributed by atoms with Crippen LogP contribution >= 0.6 is 15.9 Å². The summed E-state index contributed by atoms with van der Waals surface area (Å²) >= 11 is 3.04. The number of pyridine rings is 1. The molecule has 1 aromatic carbocycles. The number of hydrogen-bond donors (Lipinski definition) is 1. The molecule has 1 N–H and O–H groups in total. The van der Waals surface area contributed by atoms with E-state index in [1.165, 1.54) is 6.07 Å². The normalized spacial score (nSPS) is 11.5. The fraction of sp³-hybridized carbons (Fsp3) is 0.0833. The Labute approximate surface area is 118 Å². The van der Waals surface area contributed by atoms with Crippen LogP contribution < -0.4 is 4.72 Å². The maximum atomic E-state index is 12.9. The summed E-state index contributed by atoms with van der Waals surface area (Å²) in [4.78, 5) is 3.89. The molecule has 100 valence electrons. The number of rotatable bonds is 4. The van der Waals surface area contributed by atoms with Crippen LogP contribution in [-0.4, -0.2) is 13.4 Å². The van der Waals surface area contributed by atoms with Crippen LogP contribution in [-0.2, 0) is 16.6 Å². The number of halogens is 2. The largest absolute Gasteiger partial charge is 0.264 e. The second-order valence-corrected chi connectivity index (χ2v) is 6.35. The van der Waals surface area contributed by atoms with Gasteiger partial charge in [-0.2, -0.15) is 0 Å². The molecule has 0 saturated carbocycles. The maximum Gasteiger partial charge on any atom is 0.241 e. The van der Waals surface area contributed by atoms with Gasteiger partial charge in [0.15, 0.2) is 0 Å². The molecule has 0 atom stereocenters. The summed E-state index contributed by atoms with van der Waals surface area (Å²) in [5.41, 5.74) is 0.740. The van der Waals surface area contributed by atoms with Gasteiger partial charge in [0.25, 0.3) is 0 Å². The third kappa shape index (κ3) is 3.59. The van der Waals surface area contributed by atoms with Gasteiger partial charge in [0.2, 0.25) is 10.0 Å². The predicted octanol–water partition coefficient (Wildman–Crippen LogP) is 2.46. The van der Waals surface area contributed by atoms with Gasteiger partial charge < -0.3 is 0 Å². The van der Waals surface area contributed by atoms with E-state index in [1.54, 1.807) is 24.5 Å². The molecule has 1 aromatic heterocycles. The first kappa shape index (κ1) is 14.1. The quantitative estimate of drug-likeness (QED) is 0.926. The monoisotopic (exact) mass is 344 g/mol. The Morgan fingerprint density at radius 1 is 1.32 bits per heavy atom. The average molecular weight is 345 g/mol. The van der Waals surface area contributed by atoms with Crippen molar-refractivity contribution < 1.29 is 12.8 Å². The van der Waals surface area contributed by atoms with E-state index >= 15 is 0 Å². The highest BCUT2D eigenvalue weighted by Crippen LogP contribution is 2.22. The molecule has 2 aromatic rings. The third-order valence-corrected chi connectivity index (χ3v) is 4.75. The Bertz CT molecular complexity index is 677. The maximum absolute atomic E-state index is 12.9. The highest BCUT2D eigenvalue weighted by molar-refractivity contribution is 9.10. The lowest BCUT2D eigenvalue weighted by Crippen LogP contribution is -2.23. The fourth-order valence-corrected chi connectivity index (χ4v) is 3.52. The summed E-state index contributed by atoms with van der Waals surface area (Å²) in [7, 11) is -3.70. The summed E-state index contributed by atoms with van der Waals surface area (Å²) < 4.78 is 39.7. The van der Waals surface area contributed by atoms with E-state index in [9.17, 15) is 12.8 Å². The molecule has 0 fully saturated rings. The topological polar surface area (TPSA) is 59.1 Å². The smallest absolute Gasteiger partial charge is 0.241 e. The number of aromatic nitrogens is 1. The standard InChI is InChI=1S/C12H10BrFN2O2S/c13-11-6-10(14)3-4-12(11)19(17,18)16-8-9-2-1-5-15-7-9/h1-7,16H,8H2. The number of benzene rings is 1. The van der Waals surface area contributed by atoms with Crippen LogP contribution in [0.25, 0.3) is 0 Å². The van der Waals surface area contributed by atoms with E-state index < -0.39 is 15.8 Å². The molecule has 2 rings (SSSR count). The van der Waals surface area contributed by atoms with Crippen LogP contribution in [0, 0.1) is 5.82 Å². The van der Waals surface area contributed by atoms with Gasteiger partial charge >= 0.3 is 0 Å². The van der Waals surface area contributed by atoms with Gasteiger partial charge in [-0.3, -0.25) is 4.98 Å². The van der Waals surface area contributed by atoms with Crippen molar-refractivity contribution in [3.63, 3.8) is 0 Å². The Morgan fingerprint density at radius 2 is 2.11 bits per heavy atom. The van der Waals surface area contributed by atoms with Gasteiger partial charge in [-0.1, -0.05) is 6.07 Å². The number of nitrogens with zero attached hydrogens (tertiary/aromatic N) is 1. The fourth-order valence-electron chi connectivity index (χ4n) is 1.45. The molecule has 0 bridgehead atoms. The Morgan fingerprint density at radius 3 is 2.74 bits per heavy atom. The first-order valence-corrected chi connectivity index (χ1v) is 7.60. The van der Waals surface area contributed by atoms with Crippen molar-refractivity contribution in [1.29, 1.82) is 0 Å². The zero-order chi connectivity index (χ0) is 13.9. The van der Waals surface area contributed by atoms with E-state index in [4.69, 9.17) is 0 Å². The molecular weight excluding hydrogens is 335 g/mol. The molecule has 0 saturated heterocycles. The predicted molar refractivity (Wildman–Crippen MR) is 72.4 cm³/mol. The molecule has 0 aliphatic rings. The number of nitrogens with one attached hydrogen (secondary N) is 1. The van der Waals surface area contributed by atoms with Crippen LogP contribution in [0.4, 0.5) is 4.39 Å². The van der Waals surface area contributed by atoms with E-state index in [2.05, 4.69) is 25.6 Å². The minimum Gasteiger partial charge on any atom is -0.264 e. The van der Waals surface area contributed by atoms with Crippen molar-refractivity contribution in [2.75, 3.05) is 0 Å². The Hall–Kier alpha value is -1.31. The third-order valence-electron chi connectivity index (χ3n) is 2.37. The molecule has 7 heteroatoms. The molecule has 0 radical (unpaired) electrons. The van der Waals surface area contributed by atoms with Gasteiger partial charge in [-0.15, -0.1) is 0 Å². The van der Waals surface area contributed by atoms with Crippen LogP contribution in [0.1, 0.15) is 5.56 Å². The van der Waals surface area contributed by atoms with Gasteiger partial charge in [0.05, 0.1) is 4.90 Å². The van der Waals surface area contributed by atoms with Gasteiger partial charge in [0, 0.05) is 23.4 Å². The van der Waals surface area contributed by atoms with Gasteiger partial charge in [-0.05, 0) is 45.8 Å². The SMILES string of the molecule is O=S(=O)(NCc1cccnc1)c1ccc(F)cc1Br. The molecule has 0 amide bonds. The minimum absolute atomic E-state index is 0.00205. The van der Waals surface area contributed by atoms with Crippen molar-refractivity contribution in [1.82, 2.24) is 9.71 Å². The molecule has 0 aliphatic carbocycles. The number of sulfonamides is 1. The second kappa shape index (κ2) is 5.77. The van der Waals surface area contributed by atoms with Crippen molar-refractivity contribution in [2.45, 2.75) is 11.4 Å². The molecule has 1 heterocycles. The zero-order valence-corrected chi connectivity index (χ0v) is 12.1. The lowest BCUT2D eigenvalue weighted by atomic mass is 10.3. The first-order valence-electron chi connectivity index (χ1n) is 5.33. The van der Waals surface area contributed by atoms with E-state index in [0.717, 1.165) is 17.7 Å². The summed E-state index contributed by atoms with van der Waals surface area (Å²) in [5.74, 6) is -0.502. The number of hydrogen-bond acceptors (Lipinski definition) is 3. The Balaban J connectivity index is 2.19. The molecular formula is C12H10BrFN2O2S. The van der Waals surface area contributed by atoms with Gasteiger partial charge in [-0.25, -0.2) is 17.5 Å². The average Bonchev–Trinajstić information content (AvgIpc) is 2.37. The van der Waals surface area contributed by atoms with Crippen LogP contribution in [0.2, 0.25) is 0 Å².